The Hall–Kier alpha value is -3.23. The summed E-state index contributed by atoms with van der Waals surface area (Å²) in [7, 11) is 4.02. The summed E-state index contributed by atoms with van der Waals surface area (Å²) in [6.45, 7) is 11.0. The maximum Gasteiger partial charge on any atom is 0.251 e. The van der Waals surface area contributed by atoms with Crippen molar-refractivity contribution in [3.8, 4) is 0 Å². The van der Waals surface area contributed by atoms with Crippen LogP contribution in [0.25, 0.3) is 0 Å². The monoisotopic (exact) mass is 571 g/mol. The van der Waals surface area contributed by atoms with Crippen LogP contribution in [0.4, 0.5) is 0 Å². The minimum atomic E-state index is -0.295. The Balaban J connectivity index is 0.000000866. The van der Waals surface area contributed by atoms with E-state index < -0.39 is 0 Å². The van der Waals surface area contributed by atoms with Gasteiger partial charge in [0, 0.05) is 48.9 Å². The third-order valence-electron chi connectivity index (χ3n) is 6.63. The molecule has 0 bridgehead atoms. The molecule has 8 nitrogen and oxygen atoms in total. The second-order valence-corrected chi connectivity index (χ2v) is 10.2. The van der Waals surface area contributed by atoms with Crippen LogP contribution in [0, 0.1) is 13.8 Å². The molecule has 220 valence electrons. The van der Waals surface area contributed by atoms with Gasteiger partial charge in [-0.25, -0.2) is 0 Å². The van der Waals surface area contributed by atoms with Crippen LogP contribution in [0.1, 0.15) is 66.9 Å². The molecular formula is C31H46ClN5O3. The zero-order valence-electron chi connectivity index (χ0n) is 24.7. The van der Waals surface area contributed by atoms with Crippen LogP contribution in [0.2, 0.25) is 0 Å². The van der Waals surface area contributed by atoms with Gasteiger partial charge in [0.1, 0.15) is 6.79 Å². The van der Waals surface area contributed by atoms with Crippen LogP contribution in [0.3, 0.4) is 0 Å². The molecule has 0 spiro atoms. The van der Waals surface area contributed by atoms with Crippen molar-refractivity contribution in [1.82, 2.24) is 20.9 Å². The van der Waals surface area contributed by atoms with Gasteiger partial charge in [-0.15, -0.1) is 0 Å². The maximum atomic E-state index is 12.9. The van der Waals surface area contributed by atoms with Crippen molar-refractivity contribution >= 4 is 36.4 Å². The lowest BCUT2D eigenvalue weighted by atomic mass is 10.1. The Bertz CT molecular complexity index is 1070. The van der Waals surface area contributed by atoms with Gasteiger partial charge in [-0.1, -0.05) is 30.7 Å². The molecule has 1 fully saturated rings. The highest BCUT2D eigenvalue weighted by molar-refractivity contribution is 6.31. The highest BCUT2D eigenvalue weighted by atomic mass is 35.5. The first kappa shape index (κ1) is 34.8. The summed E-state index contributed by atoms with van der Waals surface area (Å²) in [5.41, 5.74) is 4.50. The molecular weight excluding hydrogens is 526 g/mol. The fourth-order valence-electron chi connectivity index (χ4n) is 4.04. The van der Waals surface area contributed by atoms with Crippen LogP contribution in [0.5, 0.6) is 0 Å². The van der Waals surface area contributed by atoms with Crippen molar-refractivity contribution in [1.29, 1.82) is 0 Å². The summed E-state index contributed by atoms with van der Waals surface area (Å²) in [6, 6.07) is 5.37. The SMILES string of the molecule is C=O.CCC(=O)NCCCC(C=NC1=C(NC)CC=CC(Cl)=C1)NC(=O)c1ccc(C)c(C)c1.CN1CCCC1. The fourth-order valence-corrected chi connectivity index (χ4v) is 4.24. The first-order valence-electron chi connectivity index (χ1n) is 13.8. The molecule has 1 unspecified atom stereocenters. The molecule has 1 saturated heterocycles. The molecule has 3 rings (SSSR count). The van der Waals surface area contributed by atoms with Crippen LogP contribution < -0.4 is 16.0 Å². The molecule has 1 aliphatic heterocycles. The minimum absolute atomic E-state index is 0.0175. The number of nitrogens with zero attached hydrogens (tertiary/aromatic N) is 2. The number of halogens is 1. The average molecular weight is 572 g/mol. The highest BCUT2D eigenvalue weighted by Gasteiger charge is 2.14. The summed E-state index contributed by atoms with van der Waals surface area (Å²) in [4.78, 5) is 39.4. The van der Waals surface area contributed by atoms with Crippen molar-refractivity contribution in [3.63, 3.8) is 0 Å². The number of aryl methyl sites for hydroxylation is 2. The van der Waals surface area contributed by atoms with E-state index in [1.54, 1.807) is 12.3 Å². The van der Waals surface area contributed by atoms with Gasteiger partial charge in [-0.2, -0.15) is 0 Å². The molecule has 1 aromatic carbocycles. The summed E-state index contributed by atoms with van der Waals surface area (Å²) >= 11 is 6.22. The Morgan fingerprint density at radius 3 is 2.45 bits per heavy atom. The predicted octanol–water partition coefficient (Wildman–Crippen LogP) is 4.82. The van der Waals surface area contributed by atoms with E-state index in [2.05, 4.69) is 32.9 Å². The Morgan fingerprint density at radius 1 is 1.18 bits per heavy atom. The van der Waals surface area contributed by atoms with E-state index in [1.807, 2.05) is 65.0 Å². The van der Waals surface area contributed by atoms with E-state index in [-0.39, 0.29) is 17.9 Å². The van der Waals surface area contributed by atoms with Crippen molar-refractivity contribution < 1.29 is 14.4 Å². The van der Waals surface area contributed by atoms with Gasteiger partial charge in [0.25, 0.3) is 5.91 Å². The van der Waals surface area contributed by atoms with E-state index in [1.165, 1.54) is 25.9 Å². The quantitative estimate of drug-likeness (QED) is 0.276. The molecule has 0 radical (unpaired) electrons. The number of carbonyl (C=O) groups is 3. The smallest absolute Gasteiger partial charge is 0.251 e. The lowest BCUT2D eigenvalue weighted by Crippen LogP contribution is -2.37. The molecule has 40 heavy (non-hydrogen) atoms. The standard InChI is InChI=1S/C25H33ClN4O2.C5H11N.CH2O/c1-5-24(31)28-13-7-9-21(30-25(32)19-12-11-17(2)18(3)14-19)16-29-23-15-20(26)8-6-10-22(23)27-4;1-6-4-2-3-5-6;1-2/h6,8,11-12,14-16,21,27H,5,7,9-10,13H2,1-4H3,(H,28,31)(H,30,32);2-5H2,1H3;1H2. The number of benzene rings is 1. The lowest BCUT2D eigenvalue weighted by molar-refractivity contribution is -0.120. The zero-order valence-corrected chi connectivity index (χ0v) is 25.4. The van der Waals surface area contributed by atoms with Gasteiger partial charge < -0.3 is 25.6 Å². The predicted molar refractivity (Wildman–Crippen MR) is 166 cm³/mol. The number of nitrogens with one attached hydrogen (secondary N) is 3. The van der Waals surface area contributed by atoms with Gasteiger partial charge in [0.15, 0.2) is 0 Å². The van der Waals surface area contributed by atoms with E-state index in [9.17, 15) is 9.59 Å². The number of hydrogen-bond donors (Lipinski definition) is 3. The third-order valence-corrected chi connectivity index (χ3v) is 6.86. The summed E-state index contributed by atoms with van der Waals surface area (Å²) in [5.74, 6) is -0.134. The first-order valence-corrected chi connectivity index (χ1v) is 14.2. The Labute approximate surface area is 245 Å². The van der Waals surface area contributed by atoms with Gasteiger partial charge in [0.2, 0.25) is 5.91 Å². The molecule has 2 aliphatic rings. The third kappa shape index (κ3) is 13.2. The molecule has 9 heteroatoms. The van der Waals surface area contributed by atoms with Gasteiger partial charge in [-0.3, -0.25) is 14.6 Å². The summed E-state index contributed by atoms with van der Waals surface area (Å²) in [6.07, 6.45) is 12.7. The number of aliphatic imine (C=N–C) groups is 1. The van der Waals surface area contributed by atoms with Gasteiger partial charge >= 0.3 is 0 Å². The number of likely N-dealkylation sites (tertiary alicyclic amines) is 1. The molecule has 1 atom stereocenters. The van der Waals surface area contributed by atoms with Crippen molar-refractivity contribution in [2.24, 2.45) is 4.99 Å². The van der Waals surface area contributed by atoms with Crippen LogP contribution in [-0.4, -0.2) is 69.5 Å². The van der Waals surface area contributed by atoms with E-state index in [0.29, 0.717) is 42.8 Å². The van der Waals surface area contributed by atoms with Crippen LogP contribution >= 0.6 is 11.6 Å². The minimum Gasteiger partial charge on any atom is -0.389 e. The molecule has 0 aromatic heterocycles. The number of rotatable bonds is 10. The van der Waals surface area contributed by atoms with E-state index in [4.69, 9.17) is 16.4 Å². The topological polar surface area (TPSA) is 103 Å². The highest BCUT2D eigenvalue weighted by Crippen LogP contribution is 2.19. The molecule has 1 heterocycles. The Kier molecular flexibility index (Phi) is 17.2. The largest absolute Gasteiger partial charge is 0.389 e. The number of amides is 2. The average Bonchev–Trinajstić information content (AvgIpc) is 3.36. The first-order chi connectivity index (χ1) is 19.2. The van der Waals surface area contributed by atoms with Crippen LogP contribution in [-0.2, 0) is 9.59 Å². The van der Waals surface area contributed by atoms with Gasteiger partial charge in [0.05, 0.1) is 11.7 Å². The molecule has 1 aromatic rings. The van der Waals surface area contributed by atoms with E-state index >= 15 is 0 Å². The number of allylic oxidation sites excluding steroid dienone is 4. The second kappa shape index (κ2) is 19.8. The van der Waals surface area contributed by atoms with Crippen LogP contribution in [0.15, 0.2) is 57.8 Å². The van der Waals surface area contributed by atoms with Crippen molar-refractivity contribution in [2.75, 3.05) is 33.7 Å². The molecule has 1 aliphatic carbocycles. The summed E-state index contributed by atoms with van der Waals surface area (Å²) in [5, 5.41) is 9.70. The number of hydrogen-bond acceptors (Lipinski definition) is 6. The number of carbonyl (C=O) groups excluding carboxylic acids is 3. The summed E-state index contributed by atoms with van der Waals surface area (Å²) < 4.78 is 0. The second-order valence-electron chi connectivity index (χ2n) is 9.76. The van der Waals surface area contributed by atoms with Gasteiger partial charge in [-0.05, 0) is 95.1 Å². The van der Waals surface area contributed by atoms with Crippen molar-refractivity contribution in [3.05, 3.63) is 69.5 Å². The fraction of sp³-hybridized carbons (Fsp3) is 0.484. The molecule has 3 N–H and O–H groups in total. The van der Waals surface area contributed by atoms with E-state index in [0.717, 1.165) is 22.5 Å². The molecule has 2 amide bonds. The lowest BCUT2D eigenvalue weighted by Gasteiger charge is -2.16. The van der Waals surface area contributed by atoms with Crippen molar-refractivity contribution in [2.45, 2.75) is 65.3 Å². The molecule has 0 saturated carbocycles. The Morgan fingerprint density at radius 2 is 1.88 bits per heavy atom. The maximum absolute atomic E-state index is 12.9. The zero-order chi connectivity index (χ0) is 29.9. The normalized spacial score (nSPS) is 15.7.